The fraction of sp³-hybridized carbons (Fsp3) is 0.647. The molecule has 0 aliphatic heterocycles. The van der Waals surface area contributed by atoms with Crippen molar-refractivity contribution in [2.24, 2.45) is 10.8 Å². The van der Waals surface area contributed by atoms with Gasteiger partial charge in [0.05, 0.1) is 5.02 Å². The number of hydrogen-bond donors (Lipinski definition) is 2. The van der Waals surface area contributed by atoms with Gasteiger partial charge in [-0.25, -0.2) is 0 Å². The van der Waals surface area contributed by atoms with Gasteiger partial charge in [-0.15, -0.1) is 0 Å². The molecule has 1 aliphatic rings. The van der Waals surface area contributed by atoms with Crippen LogP contribution >= 0.6 is 11.6 Å². The molecule has 0 saturated heterocycles. The van der Waals surface area contributed by atoms with E-state index in [1.807, 2.05) is 12.1 Å². The molecule has 0 amide bonds. The van der Waals surface area contributed by atoms with Crippen molar-refractivity contribution in [2.75, 3.05) is 0 Å². The molecule has 2 rings (SSSR count). The highest BCUT2D eigenvalue weighted by Crippen LogP contribution is 2.45. The van der Waals surface area contributed by atoms with E-state index in [0.717, 1.165) is 5.56 Å². The second-order valence-electron chi connectivity index (χ2n) is 7.74. The predicted octanol–water partition coefficient (Wildman–Crippen LogP) is 4.74. The molecule has 0 heterocycles. The van der Waals surface area contributed by atoms with E-state index < -0.39 is 0 Å². The van der Waals surface area contributed by atoms with E-state index in [9.17, 15) is 5.11 Å². The molecule has 0 aromatic heterocycles. The second kappa shape index (κ2) is 5.57. The van der Waals surface area contributed by atoms with Crippen LogP contribution in [0.4, 0.5) is 0 Å². The number of para-hydroxylation sites is 1. The molecule has 1 aliphatic carbocycles. The van der Waals surface area contributed by atoms with E-state index in [4.69, 9.17) is 11.6 Å². The number of aromatic hydroxyl groups is 1. The minimum atomic E-state index is 0.205. The van der Waals surface area contributed by atoms with Gasteiger partial charge in [-0.05, 0) is 36.2 Å². The zero-order valence-corrected chi connectivity index (χ0v) is 13.7. The van der Waals surface area contributed by atoms with Crippen molar-refractivity contribution in [3.63, 3.8) is 0 Å². The third kappa shape index (κ3) is 3.89. The maximum atomic E-state index is 9.96. The molecule has 1 saturated carbocycles. The highest BCUT2D eigenvalue weighted by atomic mass is 35.5. The highest BCUT2D eigenvalue weighted by Gasteiger charge is 2.38. The molecule has 3 heteroatoms. The summed E-state index contributed by atoms with van der Waals surface area (Å²) in [5.74, 6) is 0.205. The molecule has 2 N–H and O–H groups in total. The lowest BCUT2D eigenvalue weighted by molar-refractivity contribution is 0.0844. The van der Waals surface area contributed by atoms with Crippen LogP contribution in [0.15, 0.2) is 18.2 Å². The van der Waals surface area contributed by atoms with E-state index in [0.29, 0.717) is 28.4 Å². The molecule has 0 spiro atoms. The minimum Gasteiger partial charge on any atom is -0.506 e. The summed E-state index contributed by atoms with van der Waals surface area (Å²) in [6.07, 6.45) is 3.62. The molecule has 0 bridgehead atoms. The number of benzene rings is 1. The Kier molecular flexibility index (Phi) is 4.36. The topological polar surface area (TPSA) is 32.3 Å². The van der Waals surface area contributed by atoms with Crippen molar-refractivity contribution in [2.45, 2.75) is 59.5 Å². The normalized spacial score (nSPS) is 21.9. The monoisotopic (exact) mass is 295 g/mol. The number of phenols is 1. The molecule has 1 aromatic carbocycles. The van der Waals surface area contributed by atoms with Gasteiger partial charge < -0.3 is 10.4 Å². The van der Waals surface area contributed by atoms with Gasteiger partial charge in [-0.3, -0.25) is 0 Å². The van der Waals surface area contributed by atoms with Gasteiger partial charge >= 0.3 is 0 Å². The second-order valence-corrected chi connectivity index (χ2v) is 8.15. The van der Waals surface area contributed by atoms with Crippen LogP contribution in [0.5, 0.6) is 5.75 Å². The summed E-state index contributed by atoms with van der Waals surface area (Å²) < 4.78 is 0. The van der Waals surface area contributed by atoms with Crippen LogP contribution in [-0.2, 0) is 6.54 Å². The van der Waals surface area contributed by atoms with Gasteiger partial charge in [0.25, 0.3) is 0 Å². The van der Waals surface area contributed by atoms with E-state index in [1.54, 1.807) is 6.07 Å². The zero-order chi connectivity index (χ0) is 15.0. The molecule has 0 unspecified atom stereocenters. The lowest BCUT2D eigenvalue weighted by Gasteiger charge is -2.45. The summed E-state index contributed by atoms with van der Waals surface area (Å²) >= 11 is 5.95. The van der Waals surface area contributed by atoms with Gasteiger partial charge in [-0.1, -0.05) is 51.4 Å². The number of halogens is 1. The molecular formula is C17H26ClNO. The molecule has 0 radical (unpaired) electrons. The summed E-state index contributed by atoms with van der Waals surface area (Å²) in [6, 6.07) is 6.01. The Bertz CT molecular complexity index is 466. The lowest BCUT2D eigenvalue weighted by Crippen LogP contribution is -2.43. The highest BCUT2D eigenvalue weighted by molar-refractivity contribution is 6.32. The largest absolute Gasteiger partial charge is 0.506 e. The van der Waals surface area contributed by atoms with Crippen LogP contribution in [0.25, 0.3) is 0 Å². The van der Waals surface area contributed by atoms with Crippen molar-refractivity contribution < 1.29 is 5.11 Å². The van der Waals surface area contributed by atoms with Crippen LogP contribution in [0.1, 0.15) is 52.5 Å². The standard InChI is InChI=1S/C17H26ClNO/c1-16(2)8-13(9-17(3,4)11-16)19-10-12-6-5-7-14(18)15(12)20/h5-7,13,19-20H,8-11H2,1-4H3. The molecule has 2 nitrogen and oxygen atoms in total. The first-order chi connectivity index (χ1) is 9.19. The van der Waals surface area contributed by atoms with Crippen LogP contribution in [0.3, 0.4) is 0 Å². The fourth-order valence-electron chi connectivity index (χ4n) is 3.95. The molecule has 1 fully saturated rings. The van der Waals surface area contributed by atoms with Gasteiger partial charge in [0, 0.05) is 18.2 Å². The van der Waals surface area contributed by atoms with Crippen molar-refractivity contribution in [3.8, 4) is 5.75 Å². The van der Waals surface area contributed by atoms with E-state index in [2.05, 4.69) is 33.0 Å². The quantitative estimate of drug-likeness (QED) is 0.844. The molecule has 20 heavy (non-hydrogen) atoms. The number of nitrogens with one attached hydrogen (secondary N) is 1. The van der Waals surface area contributed by atoms with Crippen LogP contribution in [0.2, 0.25) is 5.02 Å². The summed E-state index contributed by atoms with van der Waals surface area (Å²) in [6.45, 7) is 10.1. The van der Waals surface area contributed by atoms with E-state index in [-0.39, 0.29) is 5.75 Å². The third-order valence-electron chi connectivity index (χ3n) is 4.21. The smallest absolute Gasteiger partial charge is 0.138 e. The summed E-state index contributed by atoms with van der Waals surface area (Å²) in [4.78, 5) is 0. The lowest BCUT2D eigenvalue weighted by atomic mass is 9.63. The SMILES string of the molecule is CC1(C)CC(NCc2cccc(Cl)c2O)CC(C)(C)C1. The van der Waals surface area contributed by atoms with Gasteiger partial charge in [0.15, 0.2) is 0 Å². The van der Waals surface area contributed by atoms with Crippen LogP contribution < -0.4 is 5.32 Å². The first kappa shape index (κ1) is 15.7. The molecule has 112 valence electrons. The zero-order valence-electron chi connectivity index (χ0n) is 13.0. The molecular weight excluding hydrogens is 270 g/mol. The number of hydrogen-bond acceptors (Lipinski definition) is 2. The van der Waals surface area contributed by atoms with E-state index >= 15 is 0 Å². The Labute approximate surface area is 127 Å². The Morgan fingerprint density at radius 3 is 2.40 bits per heavy atom. The third-order valence-corrected chi connectivity index (χ3v) is 4.51. The molecule has 1 aromatic rings. The van der Waals surface area contributed by atoms with Crippen LogP contribution in [0, 0.1) is 10.8 Å². The summed E-state index contributed by atoms with van der Waals surface area (Å²) in [5.41, 5.74) is 1.62. The average molecular weight is 296 g/mol. The predicted molar refractivity (Wildman–Crippen MR) is 85.2 cm³/mol. The fourth-order valence-corrected chi connectivity index (χ4v) is 4.14. The number of phenolic OH excluding ortho intramolecular Hbond substituents is 1. The summed E-state index contributed by atoms with van der Waals surface area (Å²) in [5, 5.41) is 14.0. The van der Waals surface area contributed by atoms with Crippen molar-refractivity contribution in [1.82, 2.24) is 5.32 Å². The van der Waals surface area contributed by atoms with Crippen LogP contribution in [-0.4, -0.2) is 11.1 Å². The maximum Gasteiger partial charge on any atom is 0.138 e. The van der Waals surface area contributed by atoms with Gasteiger partial charge in [0.1, 0.15) is 5.75 Å². The minimum absolute atomic E-state index is 0.205. The van der Waals surface area contributed by atoms with Crippen molar-refractivity contribution >= 4 is 11.6 Å². The Morgan fingerprint density at radius 1 is 1.20 bits per heavy atom. The first-order valence-electron chi connectivity index (χ1n) is 7.38. The van der Waals surface area contributed by atoms with Gasteiger partial charge in [0.2, 0.25) is 0 Å². The maximum absolute atomic E-state index is 9.96. The summed E-state index contributed by atoms with van der Waals surface area (Å²) in [7, 11) is 0. The number of rotatable bonds is 3. The Morgan fingerprint density at radius 2 is 1.80 bits per heavy atom. The first-order valence-corrected chi connectivity index (χ1v) is 7.76. The van der Waals surface area contributed by atoms with Gasteiger partial charge in [-0.2, -0.15) is 0 Å². The Balaban J connectivity index is 2.02. The van der Waals surface area contributed by atoms with Crippen molar-refractivity contribution in [1.29, 1.82) is 0 Å². The Hall–Kier alpha value is -0.730. The van der Waals surface area contributed by atoms with Crippen molar-refractivity contribution in [3.05, 3.63) is 28.8 Å². The molecule has 0 atom stereocenters. The van der Waals surface area contributed by atoms with E-state index in [1.165, 1.54) is 19.3 Å². The average Bonchev–Trinajstić information content (AvgIpc) is 2.27.